The summed E-state index contributed by atoms with van der Waals surface area (Å²) in [5.74, 6) is 0.813. The molecule has 20 heavy (non-hydrogen) atoms. The third kappa shape index (κ3) is 6.59. The fraction of sp³-hybridized carbons (Fsp3) is 0.923. The molecule has 2 heterocycles. The van der Waals surface area contributed by atoms with Crippen LogP contribution in [0.2, 0.25) is 0 Å². The van der Waals surface area contributed by atoms with E-state index in [2.05, 4.69) is 22.5 Å². The number of piperidine rings is 1. The van der Waals surface area contributed by atoms with Gasteiger partial charge in [-0.25, -0.2) is 0 Å². The molecule has 0 bridgehead atoms. The summed E-state index contributed by atoms with van der Waals surface area (Å²) in [6, 6.07) is 0. The summed E-state index contributed by atoms with van der Waals surface area (Å²) in [6.45, 7) is 8.41. The van der Waals surface area contributed by atoms with Crippen LogP contribution in [0.5, 0.6) is 0 Å². The number of hydrogen-bond donors (Lipinski definition) is 2. The largest absolute Gasteiger partial charge is 0.366 e. The number of ether oxygens (including phenoxy) is 1. The lowest BCUT2D eigenvalue weighted by atomic mass is 10.0. The van der Waals surface area contributed by atoms with Gasteiger partial charge in [-0.15, -0.1) is 24.8 Å². The minimum absolute atomic E-state index is 0. The second-order valence-corrected chi connectivity index (χ2v) is 5.40. The van der Waals surface area contributed by atoms with Crippen LogP contribution in [-0.2, 0) is 9.53 Å². The molecule has 0 saturated carbocycles. The molecule has 1 amide bonds. The smallest absolute Gasteiger partial charge is 0.250 e. The predicted octanol–water partition coefficient (Wildman–Crippen LogP) is 0.666. The molecular formula is C13H27Cl2N3O2. The van der Waals surface area contributed by atoms with Crippen molar-refractivity contribution in [2.45, 2.75) is 25.9 Å². The Kier molecular flexibility index (Phi) is 10.6. The maximum absolute atomic E-state index is 11.8. The van der Waals surface area contributed by atoms with E-state index in [1.807, 2.05) is 0 Å². The van der Waals surface area contributed by atoms with Gasteiger partial charge in [0.15, 0.2) is 0 Å². The van der Waals surface area contributed by atoms with E-state index in [0.717, 1.165) is 32.1 Å². The SMILES string of the molecule is CC1CCCN(CCNC(=O)C2CNCCO2)C1.Cl.Cl. The molecule has 2 fully saturated rings. The first-order valence-electron chi connectivity index (χ1n) is 7.08. The average Bonchev–Trinajstić information content (AvgIpc) is 2.40. The summed E-state index contributed by atoms with van der Waals surface area (Å²) in [7, 11) is 0. The van der Waals surface area contributed by atoms with E-state index in [4.69, 9.17) is 4.74 Å². The zero-order chi connectivity index (χ0) is 12.8. The summed E-state index contributed by atoms with van der Waals surface area (Å²) in [4.78, 5) is 14.2. The minimum atomic E-state index is -0.306. The van der Waals surface area contributed by atoms with Gasteiger partial charge in [-0.1, -0.05) is 6.92 Å². The lowest BCUT2D eigenvalue weighted by molar-refractivity contribution is -0.134. The van der Waals surface area contributed by atoms with Gasteiger partial charge in [-0.3, -0.25) is 4.79 Å². The molecule has 0 aromatic carbocycles. The summed E-state index contributed by atoms with van der Waals surface area (Å²) < 4.78 is 5.41. The third-order valence-corrected chi connectivity index (χ3v) is 3.69. The van der Waals surface area contributed by atoms with Crippen molar-refractivity contribution in [3.63, 3.8) is 0 Å². The minimum Gasteiger partial charge on any atom is -0.366 e. The molecule has 0 aromatic heterocycles. The normalized spacial score (nSPS) is 27.1. The number of nitrogens with zero attached hydrogens (tertiary/aromatic N) is 1. The highest BCUT2D eigenvalue weighted by molar-refractivity contribution is 5.85. The molecule has 0 aliphatic carbocycles. The second-order valence-electron chi connectivity index (χ2n) is 5.40. The average molecular weight is 328 g/mol. The molecule has 2 N–H and O–H groups in total. The van der Waals surface area contributed by atoms with Gasteiger partial charge in [-0.05, 0) is 25.3 Å². The number of morpholine rings is 1. The van der Waals surface area contributed by atoms with E-state index in [1.54, 1.807) is 0 Å². The number of rotatable bonds is 4. The Morgan fingerprint density at radius 2 is 2.25 bits per heavy atom. The first kappa shape index (κ1) is 19.9. The van der Waals surface area contributed by atoms with Crippen LogP contribution in [0.4, 0.5) is 0 Å². The molecule has 0 spiro atoms. The van der Waals surface area contributed by atoms with E-state index < -0.39 is 0 Å². The van der Waals surface area contributed by atoms with E-state index in [-0.39, 0.29) is 36.8 Å². The highest BCUT2D eigenvalue weighted by atomic mass is 35.5. The van der Waals surface area contributed by atoms with E-state index in [9.17, 15) is 4.79 Å². The van der Waals surface area contributed by atoms with Crippen LogP contribution >= 0.6 is 24.8 Å². The molecule has 0 aromatic rings. The van der Waals surface area contributed by atoms with E-state index >= 15 is 0 Å². The van der Waals surface area contributed by atoms with Crippen LogP contribution in [-0.4, -0.2) is 62.8 Å². The molecule has 2 unspecified atom stereocenters. The monoisotopic (exact) mass is 327 g/mol. The van der Waals surface area contributed by atoms with Gasteiger partial charge in [0.1, 0.15) is 6.10 Å². The van der Waals surface area contributed by atoms with Crippen molar-refractivity contribution in [2.75, 3.05) is 45.9 Å². The van der Waals surface area contributed by atoms with Crippen LogP contribution in [0.3, 0.4) is 0 Å². The fourth-order valence-electron chi connectivity index (χ4n) is 2.67. The Bertz CT molecular complexity index is 276. The van der Waals surface area contributed by atoms with Crippen LogP contribution in [0.25, 0.3) is 0 Å². The Hall–Kier alpha value is -0.0700. The van der Waals surface area contributed by atoms with Gasteiger partial charge >= 0.3 is 0 Å². The van der Waals surface area contributed by atoms with Crippen molar-refractivity contribution < 1.29 is 9.53 Å². The molecule has 2 aliphatic rings. The number of halogens is 2. The number of carbonyl (C=O) groups excluding carboxylic acids is 1. The summed E-state index contributed by atoms with van der Waals surface area (Å²) >= 11 is 0. The number of likely N-dealkylation sites (tertiary alicyclic amines) is 1. The first-order chi connectivity index (χ1) is 8.75. The maximum Gasteiger partial charge on any atom is 0.250 e. The Morgan fingerprint density at radius 1 is 1.45 bits per heavy atom. The summed E-state index contributed by atoms with van der Waals surface area (Å²) in [6.07, 6.45) is 2.31. The van der Waals surface area contributed by atoms with Crippen LogP contribution in [0.15, 0.2) is 0 Å². The number of hydrogen-bond acceptors (Lipinski definition) is 4. The second kappa shape index (κ2) is 10.6. The molecular weight excluding hydrogens is 301 g/mol. The van der Waals surface area contributed by atoms with E-state index in [0.29, 0.717) is 13.2 Å². The molecule has 2 saturated heterocycles. The lowest BCUT2D eigenvalue weighted by Gasteiger charge is -2.31. The molecule has 2 rings (SSSR count). The molecule has 2 aliphatic heterocycles. The van der Waals surface area contributed by atoms with Gasteiger partial charge < -0.3 is 20.3 Å². The molecule has 7 heteroatoms. The summed E-state index contributed by atoms with van der Waals surface area (Å²) in [5, 5.41) is 6.13. The van der Waals surface area contributed by atoms with Gasteiger partial charge in [0.05, 0.1) is 6.61 Å². The van der Waals surface area contributed by atoms with Crippen molar-refractivity contribution in [1.82, 2.24) is 15.5 Å². The summed E-state index contributed by atoms with van der Waals surface area (Å²) in [5.41, 5.74) is 0. The molecule has 120 valence electrons. The van der Waals surface area contributed by atoms with Crippen molar-refractivity contribution in [3.8, 4) is 0 Å². The highest BCUT2D eigenvalue weighted by Crippen LogP contribution is 2.14. The lowest BCUT2D eigenvalue weighted by Crippen LogP contribution is -2.49. The molecule has 2 atom stereocenters. The Morgan fingerprint density at radius 3 is 2.90 bits per heavy atom. The number of amides is 1. The zero-order valence-corrected chi connectivity index (χ0v) is 13.7. The Labute approximate surface area is 134 Å². The van der Waals surface area contributed by atoms with Gasteiger partial charge in [-0.2, -0.15) is 0 Å². The maximum atomic E-state index is 11.8. The van der Waals surface area contributed by atoms with Crippen molar-refractivity contribution in [2.24, 2.45) is 5.92 Å². The topological polar surface area (TPSA) is 53.6 Å². The van der Waals surface area contributed by atoms with Crippen LogP contribution < -0.4 is 10.6 Å². The van der Waals surface area contributed by atoms with Gasteiger partial charge in [0.2, 0.25) is 0 Å². The predicted molar refractivity (Wildman–Crippen MR) is 85.0 cm³/mol. The van der Waals surface area contributed by atoms with E-state index in [1.165, 1.54) is 19.4 Å². The molecule has 5 nitrogen and oxygen atoms in total. The van der Waals surface area contributed by atoms with Gasteiger partial charge in [0, 0.05) is 32.7 Å². The number of carbonyl (C=O) groups is 1. The quantitative estimate of drug-likeness (QED) is 0.796. The third-order valence-electron chi connectivity index (χ3n) is 3.69. The zero-order valence-electron chi connectivity index (χ0n) is 12.1. The molecule has 0 radical (unpaired) electrons. The standard InChI is InChI=1S/C13H25N3O2.2ClH/c1-11-3-2-6-16(10-11)7-4-15-13(17)12-9-14-5-8-18-12;;/h11-12,14H,2-10H2,1H3,(H,15,17);2*1H. The van der Waals surface area contributed by atoms with Crippen molar-refractivity contribution >= 4 is 30.7 Å². The number of nitrogens with one attached hydrogen (secondary N) is 2. The van der Waals surface area contributed by atoms with Gasteiger partial charge in [0.25, 0.3) is 5.91 Å². The first-order valence-corrected chi connectivity index (χ1v) is 7.08. The van der Waals surface area contributed by atoms with Crippen LogP contribution in [0, 0.1) is 5.92 Å². The van der Waals surface area contributed by atoms with Crippen LogP contribution in [0.1, 0.15) is 19.8 Å². The Balaban J connectivity index is 0.00000180. The van der Waals surface area contributed by atoms with Crippen molar-refractivity contribution in [1.29, 1.82) is 0 Å². The fourth-order valence-corrected chi connectivity index (χ4v) is 2.67. The van der Waals surface area contributed by atoms with Crippen molar-refractivity contribution in [3.05, 3.63) is 0 Å². The highest BCUT2D eigenvalue weighted by Gasteiger charge is 2.21.